The van der Waals surface area contributed by atoms with E-state index in [1.165, 1.54) is 11.1 Å². The van der Waals surface area contributed by atoms with Crippen LogP contribution in [0.5, 0.6) is 0 Å². The lowest BCUT2D eigenvalue weighted by Crippen LogP contribution is -2.38. The van der Waals surface area contributed by atoms with Crippen molar-refractivity contribution in [3.8, 4) is 0 Å². The number of nitrogens with one attached hydrogen (secondary N) is 1. The van der Waals surface area contributed by atoms with Crippen LogP contribution in [0.3, 0.4) is 0 Å². The van der Waals surface area contributed by atoms with E-state index >= 15 is 0 Å². The van der Waals surface area contributed by atoms with Crippen molar-refractivity contribution in [2.45, 2.75) is 33.4 Å². The second-order valence-electron chi connectivity index (χ2n) is 7.83. The molecule has 0 aliphatic rings. The number of hydrogen-bond donors (Lipinski definition) is 1. The van der Waals surface area contributed by atoms with Gasteiger partial charge in [0, 0.05) is 30.9 Å². The van der Waals surface area contributed by atoms with Crippen LogP contribution in [0, 0.1) is 13.8 Å². The average Bonchev–Trinajstić information content (AvgIpc) is 3.04. The number of amides is 1. The molecule has 5 heteroatoms. The molecule has 0 saturated heterocycles. The van der Waals surface area contributed by atoms with Gasteiger partial charge in [-0.05, 0) is 31.4 Å². The number of hydrogen-bond acceptors (Lipinski definition) is 3. The van der Waals surface area contributed by atoms with Crippen LogP contribution in [-0.2, 0) is 24.3 Å². The molecule has 0 bridgehead atoms. The zero-order chi connectivity index (χ0) is 22.1. The summed E-state index contributed by atoms with van der Waals surface area (Å²) in [6.07, 6.45) is 2.76. The smallest absolute Gasteiger partial charge is 0.234 e. The molecule has 2 aromatic carbocycles. The third kappa shape index (κ3) is 6.66. The summed E-state index contributed by atoms with van der Waals surface area (Å²) in [5.41, 5.74) is 5.62. The van der Waals surface area contributed by atoms with Gasteiger partial charge in [0.15, 0.2) is 0 Å². The molecule has 1 heterocycles. The first-order chi connectivity index (χ1) is 15.1. The molecule has 5 nitrogen and oxygen atoms in total. The molecular formula is C26H32N4O. The largest absolute Gasteiger partial charge is 0.351 e. The van der Waals surface area contributed by atoms with Crippen LogP contribution in [-0.4, -0.2) is 40.2 Å². The first-order valence-electron chi connectivity index (χ1n) is 10.8. The van der Waals surface area contributed by atoms with E-state index < -0.39 is 0 Å². The predicted octanol–water partition coefficient (Wildman–Crippen LogP) is 3.90. The third-order valence-corrected chi connectivity index (χ3v) is 5.48. The minimum absolute atomic E-state index is 0.0181. The summed E-state index contributed by atoms with van der Waals surface area (Å²) >= 11 is 0. The number of rotatable bonds is 11. The van der Waals surface area contributed by atoms with Gasteiger partial charge in [0.2, 0.25) is 5.91 Å². The summed E-state index contributed by atoms with van der Waals surface area (Å²) < 4.78 is 2.01. The summed E-state index contributed by atoms with van der Waals surface area (Å²) in [4.78, 5) is 14.7. The van der Waals surface area contributed by atoms with Crippen molar-refractivity contribution in [1.82, 2.24) is 20.0 Å². The molecule has 0 radical (unpaired) electrons. The number of benzene rings is 2. The molecule has 1 amide bonds. The maximum absolute atomic E-state index is 12.6. The first kappa shape index (κ1) is 22.5. The van der Waals surface area contributed by atoms with Gasteiger partial charge < -0.3 is 5.32 Å². The molecule has 0 unspecified atom stereocenters. The molecule has 162 valence electrons. The standard InChI is InChI=1S/C26H32N4O/c1-4-16-29(17-15-23-11-7-5-8-12-23)20-26(31)27-18-25-21(2)28-30(22(25)3)19-24-13-9-6-10-14-24/h4-14H,1,15-20H2,2-3H3,(H,27,31). The van der Waals surface area contributed by atoms with E-state index in [9.17, 15) is 4.79 Å². The summed E-state index contributed by atoms with van der Waals surface area (Å²) in [5, 5.41) is 7.76. The lowest BCUT2D eigenvalue weighted by molar-refractivity contribution is -0.122. The van der Waals surface area contributed by atoms with Gasteiger partial charge in [0.05, 0.1) is 18.8 Å². The van der Waals surface area contributed by atoms with Crippen LogP contribution < -0.4 is 5.32 Å². The van der Waals surface area contributed by atoms with E-state index in [1.54, 1.807) is 0 Å². The van der Waals surface area contributed by atoms with Crippen molar-refractivity contribution in [3.05, 3.63) is 101 Å². The molecule has 0 fully saturated rings. The predicted molar refractivity (Wildman–Crippen MR) is 126 cm³/mol. The van der Waals surface area contributed by atoms with E-state index in [1.807, 2.05) is 54.1 Å². The highest BCUT2D eigenvalue weighted by molar-refractivity contribution is 5.78. The number of carbonyl (C=O) groups is 1. The second kappa shape index (κ2) is 11.3. The monoisotopic (exact) mass is 416 g/mol. The molecule has 1 N–H and O–H groups in total. The molecule has 0 saturated carbocycles. The Hall–Kier alpha value is -3.18. The van der Waals surface area contributed by atoms with Crippen LogP contribution in [0.2, 0.25) is 0 Å². The zero-order valence-electron chi connectivity index (χ0n) is 18.6. The van der Waals surface area contributed by atoms with Crippen molar-refractivity contribution in [1.29, 1.82) is 0 Å². The van der Waals surface area contributed by atoms with Crippen molar-refractivity contribution in [3.63, 3.8) is 0 Å². The van der Waals surface area contributed by atoms with Gasteiger partial charge in [-0.25, -0.2) is 0 Å². The maximum Gasteiger partial charge on any atom is 0.234 e. The Balaban J connectivity index is 1.54. The topological polar surface area (TPSA) is 50.2 Å². The van der Waals surface area contributed by atoms with Gasteiger partial charge >= 0.3 is 0 Å². The average molecular weight is 417 g/mol. The van der Waals surface area contributed by atoms with E-state index in [0.29, 0.717) is 19.6 Å². The summed E-state index contributed by atoms with van der Waals surface area (Å²) in [6, 6.07) is 20.6. The quantitative estimate of drug-likeness (QED) is 0.483. The Kier molecular flexibility index (Phi) is 8.19. The Morgan fingerprint density at radius 2 is 1.71 bits per heavy atom. The number of carbonyl (C=O) groups excluding carboxylic acids is 1. The maximum atomic E-state index is 12.6. The van der Waals surface area contributed by atoms with Gasteiger partial charge in [-0.3, -0.25) is 14.4 Å². The normalized spacial score (nSPS) is 10.9. The molecule has 0 atom stereocenters. The Morgan fingerprint density at radius 3 is 2.35 bits per heavy atom. The van der Waals surface area contributed by atoms with Crippen molar-refractivity contribution in [2.24, 2.45) is 0 Å². The fourth-order valence-corrected chi connectivity index (χ4v) is 3.70. The fraction of sp³-hybridized carbons (Fsp3) is 0.308. The van der Waals surface area contributed by atoms with Crippen LogP contribution in [0.1, 0.15) is 28.1 Å². The summed E-state index contributed by atoms with van der Waals surface area (Å²) in [6.45, 7) is 11.0. The highest BCUT2D eigenvalue weighted by atomic mass is 16.2. The summed E-state index contributed by atoms with van der Waals surface area (Å²) in [7, 11) is 0. The molecule has 1 aromatic heterocycles. The van der Waals surface area contributed by atoms with E-state index in [-0.39, 0.29) is 5.91 Å². The van der Waals surface area contributed by atoms with Gasteiger partial charge in [-0.2, -0.15) is 5.10 Å². The molecule has 0 spiro atoms. The Labute approximate surface area is 185 Å². The van der Waals surface area contributed by atoms with Crippen molar-refractivity contribution in [2.75, 3.05) is 19.6 Å². The first-order valence-corrected chi connectivity index (χ1v) is 10.8. The minimum Gasteiger partial charge on any atom is -0.351 e. The van der Waals surface area contributed by atoms with E-state index in [4.69, 9.17) is 0 Å². The van der Waals surface area contributed by atoms with Crippen molar-refractivity contribution < 1.29 is 4.79 Å². The van der Waals surface area contributed by atoms with Crippen molar-refractivity contribution >= 4 is 5.91 Å². The van der Waals surface area contributed by atoms with Gasteiger partial charge in [-0.1, -0.05) is 66.7 Å². The highest BCUT2D eigenvalue weighted by Crippen LogP contribution is 2.14. The second-order valence-corrected chi connectivity index (χ2v) is 7.83. The van der Waals surface area contributed by atoms with E-state index in [2.05, 4.69) is 53.1 Å². The number of aryl methyl sites for hydroxylation is 1. The molecule has 31 heavy (non-hydrogen) atoms. The lowest BCUT2D eigenvalue weighted by Gasteiger charge is -2.20. The zero-order valence-corrected chi connectivity index (χ0v) is 18.6. The molecule has 0 aliphatic carbocycles. The molecule has 3 rings (SSSR count). The Bertz CT molecular complexity index is 979. The number of nitrogens with zero attached hydrogens (tertiary/aromatic N) is 3. The minimum atomic E-state index is 0.0181. The summed E-state index contributed by atoms with van der Waals surface area (Å²) in [5.74, 6) is 0.0181. The van der Waals surface area contributed by atoms with Crippen LogP contribution in [0.25, 0.3) is 0 Å². The van der Waals surface area contributed by atoms with Gasteiger partial charge in [-0.15, -0.1) is 6.58 Å². The van der Waals surface area contributed by atoms with Crippen LogP contribution >= 0.6 is 0 Å². The molecule has 0 aliphatic heterocycles. The van der Waals surface area contributed by atoms with Gasteiger partial charge in [0.1, 0.15) is 0 Å². The third-order valence-electron chi connectivity index (χ3n) is 5.48. The molecular weight excluding hydrogens is 384 g/mol. The van der Waals surface area contributed by atoms with Crippen LogP contribution in [0.15, 0.2) is 73.3 Å². The SMILES string of the molecule is C=CCN(CCc1ccccc1)CC(=O)NCc1c(C)nn(Cc2ccccc2)c1C. The van der Waals surface area contributed by atoms with Crippen LogP contribution in [0.4, 0.5) is 0 Å². The van der Waals surface area contributed by atoms with E-state index in [0.717, 1.165) is 36.5 Å². The number of aromatic nitrogens is 2. The fourth-order valence-electron chi connectivity index (χ4n) is 3.70. The highest BCUT2D eigenvalue weighted by Gasteiger charge is 2.14. The van der Waals surface area contributed by atoms with Gasteiger partial charge in [0.25, 0.3) is 0 Å². The lowest BCUT2D eigenvalue weighted by atomic mass is 10.1. The Morgan fingerprint density at radius 1 is 1.06 bits per heavy atom. The molecule has 3 aromatic rings.